The lowest BCUT2D eigenvalue weighted by Gasteiger charge is -2.11. The van der Waals surface area contributed by atoms with Gasteiger partial charge in [0.2, 0.25) is 5.88 Å². The van der Waals surface area contributed by atoms with E-state index in [9.17, 15) is 4.39 Å². The Morgan fingerprint density at radius 1 is 1.04 bits per heavy atom. The molecule has 3 rings (SSSR count). The van der Waals surface area contributed by atoms with Crippen molar-refractivity contribution in [2.24, 2.45) is 0 Å². The van der Waals surface area contributed by atoms with Crippen LogP contribution < -0.4 is 10.1 Å². The van der Waals surface area contributed by atoms with Gasteiger partial charge in [-0.2, -0.15) is 0 Å². The van der Waals surface area contributed by atoms with Crippen LogP contribution >= 0.6 is 0 Å². The first kappa shape index (κ1) is 16.8. The van der Waals surface area contributed by atoms with Crippen LogP contribution in [0.15, 0.2) is 48.7 Å². The van der Waals surface area contributed by atoms with E-state index < -0.39 is 0 Å². The predicted octanol–water partition coefficient (Wildman–Crippen LogP) is 4.60. The van der Waals surface area contributed by atoms with Gasteiger partial charge in [0.15, 0.2) is 5.82 Å². The second-order valence-electron chi connectivity index (χ2n) is 5.96. The molecule has 0 saturated carbocycles. The first-order valence-corrected chi connectivity index (χ1v) is 8.01. The zero-order valence-electron chi connectivity index (χ0n) is 14.3. The van der Waals surface area contributed by atoms with Gasteiger partial charge >= 0.3 is 0 Å². The number of pyridine rings is 1. The third-order valence-electron chi connectivity index (χ3n) is 3.32. The molecule has 0 amide bonds. The van der Waals surface area contributed by atoms with Crippen molar-refractivity contribution in [1.82, 2.24) is 15.0 Å². The highest BCUT2D eigenvalue weighted by atomic mass is 19.1. The number of anilines is 1. The largest absolute Gasteiger partial charge is 0.439 e. The number of aromatic nitrogens is 3. The molecule has 5 nitrogen and oxygen atoms in total. The van der Waals surface area contributed by atoms with Gasteiger partial charge in [-0.1, -0.05) is 0 Å². The maximum absolute atomic E-state index is 12.9. The summed E-state index contributed by atoms with van der Waals surface area (Å²) in [6.07, 6.45) is 1.66. The number of rotatable bonds is 5. The molecule has 0 atom stereocenters. The minimum atomic E-state index is -0.307. The zero-order chi connectivity index (χ0) is 17.8. The average Bonchev–Trinajstić information content (AvgIpc) is 2.56. The summed E-state index contributed by atoms with van der Waals surface area (Å²) < 4.78 is 18.5. The van der Waals surface area contributed by atoms with E-state index in [1.807, 2.05) is 19.1 Å². The average molecular weight is 338 g/mol. The fourth-order valence-corrected chi connectivity index (χ4v) is 2.26. The molecular formula is C19H19FN4O. The Labute approximate surface area is 145 Å². The smallest absolute Gasteiger partial charge is 0.219 e. The number of benzene rings is 1. The molecule has 0 aliphatic carbocycles. The monoisotopic (exact) mass is 338 g/mol. The highest BCUT2D eigenvalue weighted by molar-refractivity contribution is 5.57. The molecular weight excluding hydrogens is 319 g/mol. The van der Waals surface area contributed by atoms with Crippen molar-refractivity contribution in [3.63, 3.8) is 0 Å². The van der Waals surface area contributed by atoms with E-state index in [1.165, 1.54) is 12.1 Å². The molecule has 2 heterocycles. The van der Waals surface area contributed by atoms with Crippen molar-refractivity contribution in [3.05, 3.63) is 60.2 Å². The van der Waals surface area contributed by atoms with Crippen LogP contribution in [0.3, 0.4) is 0 Å². The van der Waals surface area contributed by atoms with Crippen LogP contribution in [0.1, 0.15) is 19.5 Å². The molecule has 0 unspecified atom stereocenters. The van der Waals surface area contributed by atoms with Crippen molar-refractivity contribution in [1.29, 1.82) is 0 Å². The Morgan fingerprint density at radius 2 is 1.80 bits per heavy atom. The van der Waals surface area contributed by atoms with Crippen LogP contribution in [0, 0.1) is 12.7 Å². The normalized spacial score (nSPS) is 10.8. The molecule has 3 aromatic rings. The van der Waals surface area contributed by atoms with Crippen LogP contribution in [0.5, 0.6) is 11.6 Å². The summed E-state index contributed by atoms with van der Waals surface area (Å²) in [5.41, 5.74) is 1.67. The maximum atomic E-state index is 12.9. The fourth-order valence-electron chi connectivity index (χ4n) is 2.26. The van der Waals surface area contributed by atoms with Crippen LogP contribution in [-0.2, 0) is 0 Å². The Bertz CT molecular complexity index is 848. The lowest BCUT2D eigenvalue weighted by Crippen LogP contribution is -2.12. The molecule has 0 saturated heterocycles. The van der Waals surface area contributed by atoms with Crippen LogP contribution in [0.25, 0.3) is 11.4 Å². The summed E-state index contributed by atoms with van der Waals surface area (Å²) in [4.78, 5) is 13.3. The molecule has 6 heteroatoms. The molecule has 0 radical (unpaired) electrons. The van der Waals surface area contributed by atoms with E-state index in [0.29, 0.717) is 17.5 Å². The minimum absolute atomic E-state index is 0.284. The minimum Gasteiger partial charge on any atom is -0.439 e. The van der Waals surface area contributed by atoms with Gasteiger partial charge in [0.25, 0.3) is 0 Å². The molecule has 1 N–H and O–H groups in total. The van der Waals surface area contributed by atoms with Crippen molar-refractivity contribution in [2.45, 2.75) is 26.8 Å². The third kappa shape index (κ3) is 4.50. The van der Waals surface area contributed by atoms with E-state index in [2.05, 4.69) is 34.1 Å². The standard InChI is InChI=1S/C19H19FN4O/c1-12(2)22-17-10-13(3)23-19(24-17)14-4-9-18(21-11-14)25-16-7-5-15(20)6-8-16/h4-12H,1-3H3,(H,22,23,24). The molecule has 0 aliphatic rings. The van der Waals surface area contributed by atoms with Crippen molar-refractivity contribution in [2.75, 3.05) is 5.32 Å². The van der Waals surface area contributed by atoms with Gasteiger partial charge in [-0.3, -0.25) is 0 Å². The second kappa shape index (κ2) is 7.25. The van der Waals surface area contributed by atoms with E-state index >= 15 is 0 Å². The van der Waals surface area contributed by atoms with Crippen molar-refractivity contribution < 1.29 is 9.13 Å². The highest BCUT2D eigenvalue weighted by Gasteiger charge is 2.07. The first-order valence-electron chi connectivity index (χ1n) is 8.01. The summed E-state index contributed by atoms with van der Waals surface area (Å²) >= 11 is 0. The first-order chi connectivity index (χ1) is 12.0. The third-order valence-corrected chi connectivity index (χ3v) is 3.32. The van der Waals surface area contributed by atoms with Gasteiger partial charge in [0, 0.05) is 35.6 Å². The van der Waals surface area contributed by atoms with E-state index in [1.54, 1.807) is 24.4 Å². The van der Waals surface area contributed by atoms with Gasteiger partial charge in [-0.25, -0.2) is 19.3 Å². The van der Waals surface area contributed by atoms with Crippen molar-refractivity contribution >= 4 is 5.82 Å². The van der Waals surface area contributed by atoms with Gasteiger partial charge in [0.1, 0.15) is 17.4 Å². The molecule has 0 spiro atoms. The Kier molecular flexibility index (Phi) is 4.88. The van der Waals surface area contributed by atoms with Gasteiger partial charge in [-0.15, -0.1) is 0 Å². The molecule has 0 aliphatic heterocycles. The lowest BCUT2D eigenvalue weighted by molar-refractivity contribution is 0.461. The molecule has 1 aromatic carbocycles. The van der Waals surface area contributed by atoms with Crippen LogP contribution in [0.4, 0.5) is 10.2 Å². The topological polar surface area (TPSA) is 59.9 Å². The molecule has 2 aromatic heterocycles. The number of ether oxygens (including phenoxy) is 1. The zero-order valence-corrected chi connectivity index (χ0v) is 14.3. The van der Waals surface area contributed by atoms with Crippen LogP contribution in [-0.4, -0.2) is 21.0 Å². The fraction of sp³-hybridized carbons (Fsp3) is 0.211. The maximum Gasteiger partial charge on any atom is 0.219 e. The number of hydrogen-bond donors (Lipinski definition) is 1. The number of nitrogens with zero attached hydrogens (tertiary/aromatic N) is 3. The summed E-state index contributed by atoms with van der Waals surface area (Å²) in [5, 5.41) is 3.28. The number of nitrogens with one attached hydrogen (secondary N) is 1. The second-order valence-corrected chi connectivity index (χ2v) is 5.96. The molecule has 0 fully saturated rings. The summed E-state index contributed by atoms with van der Waals surface area (Å²) in [6.45, 7) is 6.04. The summed E-state index contributed by atoms with van der Waals surface area (Å²) in [6, 6.07) is 11.6. The van der Waals surface area contributed by atoms with E-state index in [4.69, 9.17) is 4.74 Å². The van der Waals surface area contributed by atoms with Gasteiger partial charge in [-0.05, 0) is 51.1 Å². The SMILES string of the molecule is Cc1cc(NC(C)C)nc(-c2ccc(Oc3ccc(F)cc3)nc2)n1. The molecule has 25 heavy (non-hydrogen) atoms. The molecule has 0 bridgehead atoms. The Hall–Kier alpha value is -3.02. The number of halogens is 1. The Balaban J connectivity index is 1.80. The van der Waals surface area contributed by atoms with Gasteiger partial charge in [0.05, 0.1) is 0 Å². The highest BCUT2D eigenvalue weighted by Crippen LogP contribution is 2.23. The summed E-state index contributed by atoms with van der Waals surface area (Å²) in [5.74, 6) is 2.02. The van der Waals surface area contributed by atoms with Crippen LogP contribution in [0.2, 0.25) is 0 Å². The summed E-state index contributed by atoms with van der Waals surface area (Å²) in [7, 11) is 0. The predicted molar refractivity (Wildman–Crippen MR) is 95.2 cm³/mol. The Morgan fingerprint density at radius 3 is 2.44 bits per heavy atom. The van der Waals surface area contributed by atoms with Gasteiger partial charge < -0.3 is 10.1 Å². The number of aryl methyl sites for hydroxylation is 1. The quantitative estimate of drug-likeness (QED) is 0.737. The lowest BCUT2D eigenvalue weighted by atomic mass is 10.2. The van der Waals surface area contributed by atoms with Crippen molar-refractivity contribution in [3.8, 4) is 23.0 Å². The molecule has 128 valence electrons. The number of hydrogen-bond acceptors (Lipinski definition) is 5. The van der Waals surface area contributed by atoms with E-state index in [-0.39, 0.29) is 11.9 Å². The van der Waals surface area contributed by atoms with E-state index in [0.717, 1.165) is 17.1 Å².